The van der Waals surface area contributed by atoms with Gasteiger partial charge in [0.2, 0.25) is 0 Å². The molecule has 6 nitrogen and oxygen atoms in total. The van der Waals surface area contributed by atoms with Crippen molar-refractivity contribution >= 4 is 16.7 Å². The summed E-state index contributed by atoms with van der Waals surface area (Å²) in [6, 6.07) is 9.06. The van der Waals surface area contributed by atoms with Crippen molar-refractivity contribution in [2.45, 2.75) is 71.0 Å². The van der Waals surface area contributed by atoms with E-state index in [1.54, 1.807) is 13.0 Å². The number of nitrogens with one attached hydrogen (secondary N) is 1. The monoisotopic (exact) mass is 531 g/mol. The van der Waals surface area contributed by atoms with E-state index in [1.165, 1.54) is 18.9 Å². The van der Waals surface area contributed by atoms with Gasteiger partial charge in [-0.1, -0.05) is 6.07 Å². The molecule has 1 aromatic heterocycles. The summed E-state index contributed by atoms with van der Waals surface area (Å²) in [7, 11) is 0. The number of pyridine rings is 1. The van der Waals surface area contributed by atoms with E-state index in [9.17, 15) is 14.7 Å². The van der Waals surface area contributed by atoms with Gasteiger partial charge in [-0.15, -0.1) is 0 Å². The molecule has 3 aromatic rings. The summed E-state index contributed by atoms with van der Waals surface area (Å²) in [5, 5.41) is 13.9. The quantitative estimate of drug-likeness (QED) is 0.407. The Morgan fingerprint density at radius 2 is 1.79 bits per heavy atom. The van der Waals surface area contributed by atoms with E-state index in [1.807, 2.05) is 29.0 Å². The third-order valence-electron chi connectivity index (χ3n) is 8.79. The SMILES string of the molecule is Cc1c(F)cc(C(=O)NC2CC2)cc1-c1ccc2c(=O)n(CC3CC3)cc(CN3CCC(CCO)CC3)c2c1. The summed E-state index contributed by atoms with van der Waals surface area (Å²) >= 11 is 0. The molecule has 7 heteroatoms. The number of aliphatic hydroxyl groups excluding tert-OH is 1. The van der Waals surface area contributed by atoms with Crippen molar-refractivity contribution in [3.8, 4) is 11.1 Å². The largest absolute Gasteiger partial charge is 0.396 e. The Bertz CT molecular complexity index is 1450. The number of amides is 1. The second-order valence-corrected chi connectivity index (χ2v) is 11.9. The number of aliphatic hydroxyl groups is 1. The number of carbonyl (C=O) groups is 1. The van der Waals surface area contributed by atoms with Crippen LogP contribution in [0.1, 0.15) is 66.4 Å². The van der Waals surface area contributed by atoms with Crippen LogP contribution in [0.3, 0.4) is 0 Å². The van der Waals surface area contributed by atoms with Crippen LogP contribution < -0.4 is 10.9 Å². The normalized spacial score (nSPS) is 18.5. The Hall–Kier alpha value is -3.03. The second kappa shape index (κ2) is 10.9. The van der Waals surface area contributed by atoms with Crippen molar-refractivity contribution in [3.05, 3.63) is 69.4 Å². The van der Waals surface area contributed by atoms with Gasteiger partial charge in [0.1, 0.15) is 5.82 Å². The van der Waals surface area contributed by atoms with Crippen molar-refractivity contribution < 1.29 is 14.3 Å². The van der Waals surface area contributed by atoms with E-state index < -0.39 is 5.82 Å². The first-order valence-electron chi connectivity index (χ1n) is 14.5. The van der Waals surface area contributed by atoms with Crippen LogP contribution in [0.5, 0.6) is 0 Å². The molecule has 2 aromatic carbocycles. The summed E-state index contributed by atoms with van der Waals surface area (Å²) in [6.07, 6.45) is 9.33. The molecule has 0 atom stereocenters. The highest BCUT2D eigenvalue weighted by atomic mass is 19.1. The number of hydrogen-bond acceptors (Lipinski definition) is 4. The van der Waals surface area contributed by atoms with Gasteiger partial charge in [-0.3, -0.25) is 14.5 Å². The summed E-state index contributed by atoms with van der Waals surface area (Å²) in [5.41, 5.74) is 3.43. The lowest BCUT2D eigenvalue weighted by atomic mass is 9.92. The van der Waals surface area contributed by atoms with Gasteiger partial charge >= 0.3 is 0 Å². The van der Waals surface area contributed by atoms with Crippen molar-refractivity contribution in [1.82, 2.24) is 14.8 Å². The number of likely N-dealkylation sites (tertiary alicyclic amines) is 1. The standard InChI is InChI=1S/C32H38FN3O3/c1-20-28(15-24(16-30(20)33)31(38)34-26-5-6-26)23-4-7-27-29(14-23)25(19-36(32(27)39)17-22-2-3-22)18-35-11-8-21(9-12-35)10-13-37/h4,7,14-16,19,21-22,26,37H,2-3,5-6,8-13,17-18H2,1H3,(H,34,38). The number of fused-ring (bicyclic) bond motifs is 1. The fourth-order valence-corrected chi connectivity index (χ4v) is 5.94. The minimum Gasteiger partial charge on any atom is -0.396 e. The predicted molar refractivity (Wildman–Crippen MR) is 151 cm³/mol. The fraction of sp³-hybridized carbons (Fsp3) is 0.500. The Morgan fingerprint density at radius 3 is 2.49 bits per heavy atom. The maximum atomic E-state index is 15.0. The van der Waals surface area contributed by atoms with Gasteiger partial charge < -0.3 is 15.0 Å². The average Bonchev–Trinajstić information content (AvgIpc) is 3.87. The molecule has 1 aliphatic heterocycles. The molecule has 6 rings (SSSR count). The topological polar surface area (TPSA) is 74.6 Å². The highest BCUT2D eigenvalue weighted by molar-refractivity contribution is 5.97. The number of benzene rings is 2. The van der Waals surface area contributed by atoms with Crippen LogP contribution in [-0.4, -0.2) is 46.2 Å². The molecule has 0 radical (unpaired) electrons. The molecule has 206 valence electrons. The van der Waals surface area contributed by atoms with E-state index in [0.717, 1.165) is 74.8 Å². The van der Waals surface area contributed by atoms with Crippen LogP contribution in [0.4, 0.5) is 4.39 Å². The zero-order valence-corrected chi connectivity index (χ0v) is 22.7. The van der Waals surface area contributed by atoms with Gasteiger partial charge in [0.05, 0.1) is 0 Å². The van der Waals surface area contributed by atoms with Crippen LogP contribution in [0, 0.1) is 24.6 Å². The molecular formula is C32H38FN3O3. The van der Waals surface area contributed by atoms with Crippen LogP contribution in [0.15, 0.2) is 41.3 Å². The molecule has 2 heterocycles. The maximum Gasteiger partial charge on any atom is 0.258 e. The number of rotatable bonds is 9. The zero-order chi connectivity index (χ0) is 27.1. The molecule has 2 aliphatic carbocycles. The molecule has 3 aliphatic rings. The van der Waals surface area contributed by atoms with Crippen LogP contribution >= 0.6 is 0 Å². The summed E-state index contributed by atoms with van der Waals surface area (Å²) in [6.45, 7) is 5.42. The Labute approximate surface area is 228 Å². The number of piperidine rings is 1. The Kier molecular flexibility index (Phi) is 7.29. The van der Waals surface area contributed by atoms with E-state index in [4.69, 9.17) is 0 Å². The lowest BCUT2D eigenvalue weighted by molar-refractivity contribution is 0.0950. The average molecular weight is 532 g/mol. The number of nitrogens with zero attached hydrogens (tertiary/aromatic N) is 2. The fourth-order valence-electron chi connectivity index (χ4n) is 5.94. The lowest BCUT2D eigenvalue weighted by Crippen LogP contribution is -2.34. The first-order chi connectivity index (χ1) is 18.9. The molecule has 1 amide bonds. The van der Waals surface area contributed by atoms with Crippen molar-refractivity contribution in [2.24, 2.45) is 11.8 Å². The molecule has 1 saturated heterocycles. The second-order valence-electron chi connectivity index (χ2n) is 11.9. The molecule has 0 bridgehead atoms. The molecule has 39 heavy (non-hydrogen) atoms. The van der Waals surface area contributed by atoms with E-state index >= 15 is 4.39 Å². The highest BCUT2D eigenvalue weighted by Gasteiger charge is 2.26. The van der Waals surface area contributed by atoms with Gasteiger partial charge in [0.25, 0.3) is 11.5 Å². The van der Waals surface area contributed by atoms with Gasteiger partial charge in [-0.05, 0) is 129 Å². The molecule has 3 fully saturated rings. The highest BCUT2D eigenvalue weighted by Crippen LogP contribution is 2.33. The lowest BCUT2D eigenvalue weighted by Gasteiger charge is -2.32. The smallest absolute Gasteiger partial charge is 0.258 e. The molecule has 0 spiro atoms. The van der Waals surface area contributed by atoms with E-state index in [0.29, 0.717) is 33.9 Å². The van der Waals surface area contributed by atoms with Crippen LogP contribution in [-0.2, 0) is 13.1 Å². The molecule has 2 saturated carbocycles. The Morgan fingerprint density at radius 1 is 1.03 bits per heavy atom. The Balaban J connectivity index is 1.38. The number of halogens is 1. The minimum absolute atomic E-state index is 0.0225. The van der Waals surface area contributed by atoms with Crippen LogP contribution in [0.2, 0.25) is 0 Å². The third-order valence-corrected chi connectivity index (χ3v) is 8.79. The summed E-state index contributed by atoms with van der Waals surface area (Å²) < 4.78 is 16.9. The van der Waals surface area contributed by atoms with Gasteiger partial charge in [-0.25, -0.2) is 4.39 Å². The van der Waals surface area contributed by atoms with Crippen LogP contribution in [0.25, 0.3) is 21.9 Å². The number of carbonyl (C=O) groups excluding carboxylic acids is 1. The predicted octanol–water partition coefficient (Wildman–Crippen LogP) is 5.01. The van der Waals surface area contributed by atoms with Crippen molar-refractivity contribution in [2.75, 3.05) is 19.7 Å². The third kappa shape index (κ3) is 5.80. The summed E-state index contributed by atoms with van der Waals surface area (Å²) in [5.74, 6) is 0.503. The summed E-state index contributed by atoms with van der Waals surface area (Å²) in [4.78, 5) is 28.7. The van der Waals surface area contributed by atoms with E-state index in [-0.39, 0.29) is 24.1 Å². The van der Waals surface area contributed by atoms with E-state index in [2.05, 4.69) is 10.2 Å². The maximum absolute atomic E-state index is 15.0. The van der Waals surface area contributed by atoms with Gasteiger partial charge in [-0.2, -0.15) is 0 Å². The molecule has 2 N–H and O–H groups in total. The van der Waals surface area contributed by atoms with Gasteiger partial charge in [0, 0.05) is 42.9 Å². The van der Waals surface area contributed by atoms with Gasteiger partial charge in [0.15, 0.2) is 0 Å². The first kappa shape index (κ1) is 26.2. The minimum atomic E-state index is -0.403. The number of aromatic nitrogens is 1. The molecular weight excluding hydrogens is 493 g/mol. The van der Waals surface area contributed by atoms with Crippen molar-refractivity contribution in [1.29, 1.82) is 0 Å². The number of hydrogen-bond donors (Lipinski definition) is 2. The first-order valence-corrected chi connectivity index (χ1v) is 14.5. The van der Waals surface area contributed by atoms with Crippen molar-refractivity contribution in [3.63, 3.8) is 0 Å². The molecule has 0 unspecified atom stereocenters. The zero-order valence-electron chi connectivity index (χ0n) is 22.7.